The van der Waals surface area contributed by atoms with Crippen LogP contribution in [-0.2, 0) is 17.5 Å². The Labute approximate surface area is 124 Å². The van der Waals surface area contributed by atoms with Gasteiger partial charge in [0.15, 0.2) is 0 Å². The van der Waals surface area contributed by atoms with Crippen LogP contribution in [-0.4, -0.2) is 24.7 Å². The molecule has 1 amide bonds. The van der Waals surface area contributed by atoms with Gasteiger partial charge in [-0.2, -0.15) is 13.2 Å². The third-order valence-electron chi connectivity index (χ3n) is 3.05. The van der Waals surface area contributed by atoms with Gasteiger partial charge < -0.3 is 10.6 Å². The van der Waals surface area contributed by atoms with Crippen molar-refractivity contribution in [2.24, 2.45) is 0 Å². The monoisotopic (exact) mass is 320 g/mol. The van der Waals surface area contributed by atoms with Crippen molar-refractivity contribution in [1.29, 1.82) is 0 Å². The van der Waals surface area contributed by atoms with Gasteiger partial charge in [0.2, 0.25) is 5.91 Å². The van der Waals surface area contributed by atoms with Crippen LogP contribution in [0, 0.1) is 0 Å². The Balaban J connectivity index is 2.73. The molecule has 3 atom stereocenters. The maximum atomic E-state index is 12.8. The number of rotatable bonds is 6. The normalized spacial score (nSPS) is 14.6. The van der Waals surface area contributed by atoms with E-state index >= 15 is 0 Å². The van der Waals surface area contributed by atoms with Crippen molar-refractivity contribution in [1.82, 2.24) is 10.6 Å². The highest BCUT2D eigenvalue weighted by Crippen LogP contribution is 2.31. The summed E-state index contributed by atoms with van der Waals surface area (Å²) >= 11 is 0. The van der Waals surface area contributed by atoms with Crippen LogP contribution in [0.5, 0.6) is 0 Å². The van der Waals surface area contributed by atoms with Gasteiger partial charge in [-0.3, -0.25) is 4.79 Å². The molecule has 7 heteroatoms. The van der Waals surface area contributed by atoms with E-state index in [0.29, 0.717) is 6.42 Å². The van der Waals surface area contributed by atoms with E-state index in [-0.39, 0.29) is 23.7 Å². The van der Waals surface area contributed by atoms with Gasteiger partial charge in [0.25, 0.3) is 0 Å². The first kappa shape index (κ1) is 17.9. The molecule has 0 fully saturated rings. The lowest BCUT2D eigenvalue weighted by Gasteiger charge is -2.19. The summed E-state index contributed by atoms with van der Waals surface area (Å²) in [6.45, 7) is 1.80. The zero-order chi connectivity index (χ0) is 16.0. The van der Waals surface area contributed by atoms with Gasteiger partial charge in [0.1, 0.15) is 0 Å². The fourth-order valence-electron chi connectivity index (χ4n) is 1.98. The molecule has 0 spiro atoms. The average Bonchev–Trinajstić information content (AvgIpc) is 2.41. The number of nitrogens with one attached hydrogen (secondary N) is 2. The number of benzene rings is 1. The van der Waals surface area contributed by atoms with Crippen LogP contribution in [0.2, 0.25) is 0 Å². The van der Waals surface area contributed by atoms with E-state index in [2.05, 4.69) is 19.9 Å². The predicted molar refractivity (Wildman–Crippen MR) is 79.9 cm³/mol. The molecule has 0 aromatic heterocycles. The summed E-state index contributed by atoms with van der Waals surface area (Å²) in [5.74, 6) is -0.302. The topological polar surface area (TPSA) is 41.1 Å². The highest BCUT2D eigenvalue weighted by molar-refractivity contribution is 7.17. The minimum Gasteiger partial charge on any atom is -0.351 e. The van der Waals surface area contributed by atoms with Crippen LogP contribution in [0.25, 0.3) is 0 Å². The molecule has 0 aliphatic heterocycles. The average molecular weight is 320 g/mol. The summed E-state index contributed by atoms with van der Waals surface area (Å²) in [6, 6.07) is 4.82. The van der Waals surface area contributed by atoms with Gasteiger partial charge in [-0.1, -0.05) is 25.1 Å². The summed E-state index contributed by atoms with van der Waals surface area (Å²) in [5.41, 5.74) is -0.423. The van der Waals surface area contributed by atoms with Gasteiger partial charge in [-0.25, -0.2) is 0 Å². The van der Waals surface area contributed by atoms with E-state index in [9.17, 15) is 18.0 Å². The smallest absolute Gasteiger partial charge is 0.351 e. The first-order chi connectivity index (χ1) is 9.75. The number of halogens is 3. The molecular formula is C14H20F3N2OP. The summed E-state index contributed by atoms with van der Waals surface area (Å²) < 4.78 is 38.5. The first-order valence-corrected chi connectivity index (χ1v) is 7.28. The van der Waals surface area contributed by atoms with Crippen LogP contribution in [0.3, 0.4) is 0 Å². The second kappa shape index (κ2) is 7.76. The van der Waals surface area contributed by atoms with Gasteiger partial charge in [-0.05, 0) is 30.8 Å². The summed E-state index contributed by atoms with van der Waals surface area (Å²) in [4.78, 5) is 12.0. The first-order valence-electron chi connectivity index (χ1n) is 6.61. The number of carbonyl (C=O) groups is 1. The van der Waals surface area contributed by atoms with E-state index < -0.39 is 17.8 Å². The van der Waals surface area contributed by atoms with Crippen molar-refractivity contribution in [3.8, 4) is 0 Å². The highest BCUT2D eigenvalue weighted by Gasteiger charge is 2.33. The molecule has 2 N–H and O–H groups in total. The molecule has 0 saturated carbocycles. The Morgan fingerprint density at radius 2 is 1.95 bits per heavy atom. The molecule has 1 aromatic carbocycles. The summed E-state index contributed by atoms with van der Waals surface area (Å²) in [5, 5.41) is 5.42. The molecule has 0 aliphatic rings. The van der Waals surface area contributed by atoms with Crippen molar-refractivity contribution in [2.45, 2.75) is 37.8 Å². The zero-order valence-electron chi connectivity index (χ0n) is 12.0. The maximum absolute atomic E-state index is 12.8. The highest BCUT2D eigenvalue weighted by atomic mass is 31.0. The lowest BCUT2D eigenvalue weighted by atomic mass is 10.1. The SMILES string of the molecule is CN[C@@H](CC(C)P)C(=O)NCc1ccccc1C(F)(F)F. The van der Waals surface area contributed by atoms with Crippen LogP contribution in [0.15, 0.2) is 24.3 Å². The molecule has 118 valence electrons. The molecule has 1 rings (SSSR count). The largest absolute Gasteiger partial charge is 0.416 e. The minimum atomic E-state index is -4.42. The Morgan fingerprint density at radius 1 is 1.33 bits per heavy atom. The molecule has 0 saturated heterocycles. The number of alkyl halides is 3. The second-order valence-electron chi connectivity index (χ2n) is 4.93. The maximum Gasteiger partial charge on any atom is 0.416 e. The summed E-state index contributed by atoms with van der Waals surface area (Å²) in [6.07, 6.45) is -3.83. The third kappa shape index (κ3) is 5.64. The van der Waals surface area contributed by atoms with Gasteiger partial charge in [-0.15, -0.1) is 9.24 Å². The Morgan fingerprint density at radius 3 is 2.48 bits per heavy atom. The number of hydrogen-bond acceptors (Lipinski definition) is 2. The zero-order valence-corrected chi connectivity index (χ0v) is 13.2. The molecule has 0 radical (unpaired) electrons. The number of hydrogen-bond donors (Lipinski definition) is 2. The van der Waals surface area contributed by atoms with Crippen molar-refractivity contribution in [3.63, 3.8) is 0 Å². The van der Waals surface area contributed by atoms with Gasteiger partial charge in [0.05, 0.1) is 11.6 Å². The summed E-state index contributed by atoms with van der Waals surface area (Å²) in [7, 11) is 4.24. The molecule has 3 nitrogen and oxygen atoms in total. The minimum absolute atomic E-state index is 0.0622. The molecule has 0 aliphatic carbocycles. The van der Waals surface area contributed by atoms with Crippen molar-refractivity contribution >= 4 is 15.1 Å². The quantitative estimate of drug-likeness (QED) is 0.791. The molecule has 1 aromatic rings. The lowest BCUT2D eigenvalue weighted by molar-refractivity contribution is -0.138. The van der Waals surface area contributed by atoms with Crippen LogP contribution < -0.4 is 10.6 Å². The molecule has 0 bridgehead atoms. The van der Waals surface area contributed by atoms with Crippen molar-refractivity contribution < 1.29 is 18.0 Å². The fraction of sp³-hybridized carbons (Fsp3) is 0.500. The van der Waals surface area contributed by atoms with E-state index in [0.717, 1.165) is 6.07 Å². The van der Waals surface area contributed by atoms with Crippen LogP contribution >= 0.6 is 9.24 Å². The predicted octanol–water partition coefficient (Wildman–Crippen LogP) is 2.56. The molecular weight excluding hydrogens is 300 g/mol. The Bertz CT molecular complexity index is 478. The fourth-order valence-corrected chi connectivity index (χ4v) is 2.26. The molecule has 2 unspecified atom stereocenters. The van der Waals surface area contributed by atoms with Crippen LogP contribution in [0.1, 0.15) is 24.5 Å². The van der Waals surface area contributed by atoms with Crippen molar-refractivity contribution in [2.75, 3.05) is 7.05 Å². The van der Waals surface area contributed by atoms with Crippen LogP contribution in [0.4, 0.5) is 13.2 Å². The lowest BCUT2D eigenvalue weighted by Crippen LogP contribution is -2.43. The molecule has 21 heavy (non-hydrogen) atoms. The number of amides is 1. The third-order valence-corrected chi connectivity index (χ3v) is 3.32. The van der Waals surface area contributed by atoms with Gasteiger partial charge >= 0.3 is 6.18 Å². The second-order valence-corrected chi connectivity index (χ2v) is 6.07. The van der Waals surface area contributed by atoms with Gasteiger partial charge in [0, 0.05) is 6.54 Å². The number of carbonyl (C=O) groups excluding carboxylic acids is 1. The van der Waals surface area contributed by atoms with E-state index in [1.54, 1.807) is 7.05 Å². The van der Waals surface area contributed by atoms with Crippen molar-refractivity contribution in [3.05, 3.63) is 35.4 Å². The van der Waals surface area contributed by atoms with E-state index in [1.165, 1.54) is 18.2 Å². The number of likely N-dealkylation sites (N-methyl/N-ethyl adjacent to an activating group) is 1. The Kier molecular flexibility index (Phi) is 6.62. The molecule has 0 heterocycles. The van der Waals surface area contributed by atoms with E-state index in [4.69, 9.17) is 0 Å². The standard InChI is InChI=1S/C14H20F3N2OP/c1-9(21)7-12(18-2)13(20)19-8-10-5-3-4-6-11(10)14(15,16)17/h3-6,9,12,18H,7-8,21H2,1-2H3,(H,19,20)/t9?,12-/m0/s1. The Hall–Kier alpha value is -1.13. The van der Waals surface area contributed by atoms with E-state index in [1.807, 2.05) is 6.92 Å².